The highest BCUT2D eigenvalue weighted by molar-refractivity contribution is 5.25. The molecule has 0 radical (unpaired) electrons. The molecule has 0 spiro atoms. The Labute approximate surface area is 111 Å². The van der Waals surface area contributed by atoms with Crippen LogP contribution in [-0.2, 0) is 6.42 Å². The minimum atomic E-state index is 0.894. The Morgan fingerprint density at radius 2 is 1.78 bits per heavy atom. The SMILES string of the molecule is Cc1ccccc1CC[C@H]1C[C@H]2CC[C@@H](C1)N2C. The monoisotopic (exact) mass is 243 g/mol. The van der Waals surface area contributed by atoms with Crippen LogP contribution >= 0.6 is 0 Å². The molecule has 0 aromatic heterocycles. The minimum absolute atomic E-state index is 0.894. The van der Waals surface area contributed by atoms with Crippen LogP contribution in [0.4, 0.5) is 0 Å². The Balaban J connectivity index is 1.57. The fraction of sp³-hybridized carbons (Fsp3) is 0.647. The third-order valence-corrected chi connectivity index (χ3v) is 5.28. The van der Waals surface area contributed by atoms with Crippen LogP contribution in [0.1, 0.15) is 43.2 Å². The first kappa shape index (κ1) is 12.2. The molecule has 2 fully saturated rings. The van der Waals surface area contributed by atoms with Gasteiger partial charge in [0, 0.05) is 12.1 Å². The average Bonchev–Trinajstić information content (AvgIpc) is 2.62. The summed E-state index contributed by atoms with van der Waals surface area (Å²) in [4.78, 5) is 2.64. The molecule has 0 amide bonds. The van der Waals surface area contributed by atoms with E-state index < -0.39 is 0 Å². The number of rotatable bonds is 3. The van der Waals surface area contributed by atoms with E-state index in [4.69, 9.17) is 0 Å². The smallest absolute Gasteiger partial charge is 0.00983 e. The first-order valence-electron chi connectivity index (χ1n) is 7.50. The molecule has 98 valence electrons. The molecule has 3 rings (SSSR count). The average molecular weight is 243 g/mol. The summed E-state index contributed by atoms with van der Waals surface area (Å²) in [6, 6.07) is 10.7. The summed E-state index contributed by atoms with van der Waals surface area (Å²) in [6.45, 7) is 2.24. The van der Waals surface area contributed by atoms with E-state index in [0.717, 1.165) is 18.0 Å². The largest absolute Gasteiger partial charge is 0.300 e. The van der Waals surface area contributed by atoms with E-state index in [9.17, 15) is 0 Å². The molecular weight excluding hydrogens is 218 g/mol. The molecule has 2 aliphatic rings. The maximum absolute atomic E-state index is 2.64. The molecule has 1 aromatic rings. The van der Waals surface area contributed by atoms with Crippen LogP contribution in [0.15, 0.2) is 24.3 Å². The van der Waals surface area contributed by atoms with E-state index in [0.29, 0.717) is 0 Å². The Morgan fingerprint density at radius 3 is 2.44 bits per heavy atom. The van der Waals surface area contributed by atoms with Crippen LogP contribution in [-0.4, -0.2) is 24.0 Å². The van der Waals surface area contributed by atoms with E-state index in [2.05, 4.69) is 43.1 Å². The number of piperidine rings is 1. The fourth-order valence-corrected chi connectivity index (χ4v) is 4.01. The first-order chi connectivity index (χ1) is 8.74. The number of benzene rings is 1. The van der Waals surface area contributed by atoms with Crippen LogP contribution in [0, 0.1) is 12.8 Å². The van der Waals surface area contributed by atoms with Gasteiger partial charge in [0.2, 0.25) is 0 Å². The quantitative estimate of drug-likeness (QED) is 0.780. The van der Waals surface area contributed by atoms with Crippen molar-refractivity contribution in [2.24, 2.45) is 5.92 Å². The predicted molar refractivity (Wildman–Crippen MR) is 76.8 cm³/mol. The Morgan fingerprint density at radius 1 is 1.11 bits per heavy atom. The van der Waals surface area contributed by atoms with Crippen molar-refractivity contribution in [3.63, 3.8) is 0 Å². The van der Waals surface area contributed by atoms with Gasteiger partial charge >= 0.3 is 0 Å². The number of fused-ring (bicyclic) bond motifs is 2. The lowest BCUT2D eigenvalue weighted by molar-refractivity contribution is 0.130. The summed E-state index contributed by atoms with van der Waals surface area (Å²) >= 11 is 0. The molecule has 18 heavy (non-hydrogen) atoms. The lowest BCUT2D eigenvalue weighted by atomic mass is 9.86. The molecule has 0 aliphatic carbocycles. The highest BCUT2D eigenvalue weighted by atomic mass is 15.2. The van der Waals surface area contributed by atoms with Crippen molar-refractivity contribution in [2.45, 2.75) is 57.5 Å². The zero-order valence-corrected chi connectivity index (χ0v) is 11.7. The summed E-state index contributed by atoms with van der Waals surface area (Å²) < 4.78 is 0. The summed E-state index contributed by atoms with van der Waals surface area (Å²) in [7, 11) is 2.33. The first-order valence-corrected chi connectivity index (χ1v) is 7.50. The van der Waals surface area contributed by atoms with Gasteiger partial charge in [0.25, 0.3) is 0 Å². The predicted octanol–water partition coefficient (Wildman–Crippen LogP) is 3.80. The van der Waals surface area contributed by atoms with E-state index in [1.165, 1.54) is 44.1 Å². The molecule has 2 bridgehead atoms. The highest BCUT2D eigenvalue weighted by Gasteiger charge is 2.37. The number of nitrogens with zero attached hydrogens (tertiary/aromatic N) is 1. The molecule has 0 unspecified atom stereocenters. The number of hydrogen-bond donors (Lipinski definition) is 0. The minimum Gasteiger partial charge on any atom is -0.300 e. The van der Waals surface area contributed by atoms with Crippen LogP contribution in [0.3, 0.4) is 0 Å². The zero-order chi connectivity index (χ0) is 12.5. The van der Waals surface area contributed by atoms with Gasteiger partial charge in [-0.25, -0.2) is 0 Å². The Kier molecular flexibility index (Phi) is 3.43. The van der Waals surface area contributed by atoms with Crippen molar-refractivity contribution in [2.75, 3.05) is 7.05 Å². The normalized spacial score (nSPS) is 31.8. The van der Waals surface area contributed by atoms with E-state index in [1.807, 2.05) is 0 Å². The van der Waals surface area contributed by atoms with Gasteiger partial charge in [-0.3, -0.25) is 0 Å². The second kappa shape index (κ2) is 5.05. The van der Waals surface area contributed by atoms with Crippen LogP contribution in [0.25, 0.3) is 0 Å². The van der Waals surface area contributed by atoms with Crippen LogP contribution in [0.5, 0.6) is 0 Å². The molecule has 2 heterocycles. The van der Waals surface area contributed by atoms with E-state index in [1.54, 1.807) is 5.56 Å². The molecule has 1 aromatic carbocycles. The fourth-order valence-electron chi connectivity index (χ4n) is 4.01. The second-order valence-electron chi connectivity index (χ2n) is 6.35. The molecule has 3 atom stereocenters. The summed E-state index contributed by atoms with van der Waals surface area (Å²) in [5.41, 5.74) is 3.03. The van der Waals surface area contributed by atoms with E-state index in [-0.39, 0.29) is 0 Å². The number of aryl methyl sites for hydroxylation is 2. The van der Waals surface area contributed by atoms with Crippen molar-refractivity contribution in [1.82, 2.24) is 4.90 Å². The summed E-state index contributed by atoms with van der Waals surface area (Å²) in [5, 5.41) is 0. The van der Waals surface area contributed by atoms with Crippen LogP contribution < -0.4 is 0 Å². The van der Waals surface area contributed by atoms with Gasteiger partial charge in [0.1, 0.15) is 0 Å². The lowest BCUT2D eigenvalue weighted by Gasteiger charge is -2.36. The number of hydrogen-bond acceptors (Lipinski definition) is 1. The maximum atomic E-state index is 2.64. The highest BCUT2D eigenvalue weighted by Crippen LogP contribution is 2.39. The second-order valence-corrected chi connectivity index (χ2v) is 6.35. The molecule has 1 nitrogen and oxygen atoms in total. The van der Waals surface area contributed by atoms with E-state index >= 15 is 0 Å². The molecule has 1 heteroatoms. The lowest BCUT2D eigenvalue weighted by Crippen LogP contribution is -2.39. The Hall–Kier alpha value is -0.820. The third-order valence-electron chi connectivity index (χ3n) is 5.28. The topological polar surface area (TPSA) is 3.24 Å². The zero-order valence-electron chi connectivity index (χ0n) is 11.7. The van der Waals surface area contributed by atoms with Crippen molar-refractivity contribution in [1.29, 1.82) is 0 Å². The van der Waals surface area contributed by atoms with Crippen molar-refractivity contribution >= 4 is 0 Å². The summed E-state index contributed by atoms with van der Waals surface area (Å²) in [5.74, 6) is 0.971. The third kappa shape index (κ3) is 2.33. The van der Waals surface area contributed by atoms with Gasteiger partial charge in [-0.05, 0) is 69.5 Å². The van der Waals surface area contributed by atoms with Gasteiger partial charge in [0.15, 0.2) is 0 Å². The van der Waals surface area contributed by atoms with Gasteiger partial charge in [-0.2, -0.15) is 0 Å². The molecule has 2 saturated heterocycles. The van der Waals surface area contributed by atoms with Crippen molar-refractivity contribution in [3.8, 4) is 0 Å². The summed E-state index contributed by atoms with van der Waals surface area (Å²) in [6.07, 6.45) is 8.45. The van der Waals surface area contributed by atoms with Crippen molar-refractivity contribution in [3.05, 3.63) is 35.4 Å². The molecule has 0 saturated carbocycles. The van der Waals surface area contributed by atoms with Gasteiger partial charge < -0.3 is 4.90 Å². The molecular formula is C17H25N. The van der Waals surface area contributed by atoms with Gasteiger partial charge in [0.05, 0.1) is 0 Å². The van der Waals surface area contributed by atoms with Gasteiger partial charge in [-0.15, -0.1) is 0 Å². The standard InChI is InChI=1S/C17H25N/c1-13-5-3-4-6-15(13)8-7-14-11-16-9-10-17(12-14)18(16)2/h3-6,14,16-17H,7-12H2,1-2H3/t14-,16+,17-. The molecule has 0 N–H and O–H groups in total. The molecule has 2 aliphatic heterocycles. The maximum Gasteiger partial charge on any atom is 0.00983 e. The van der Waals surface area contributed by atoms with Gasteiger partial charge in [-0.1, -0.05) is 24.3 Å². The van der Waals surface area contributed by atoms with Crippen LogP contribution in [0.2, 0.25) is 0 Å². The van der Waals surface area contributed by atoms with Crippen molar-refractivity contribution < 1.29 is 0 Å². The Bertz CT molecular complexity index is 398.